The van der Waals surface area contributed by atoms with E-state index in [9.17, 15) is 14.5 Å². The van der Waals surface area contributed by atoms with Gasteiger partial charge in [0, 0.05) is 12.1 Å². The summed E-state index contributed by atoms with van der Waals surface area (Å²) in [5, 5.41) is 14.9. The first-order chi connectivity index (χ1) is 15.0. The van der Waals surface area contributed by atoms with Gasteiger partial charge in [0.25, 0.3) is 5.69 Å². The van der Waals surface area contributed by atoms with Crippen LogP contribution in [0.4, 0.5) is 15.8 Å². The molecule has 0 radical (unpaired) electrons. The Bertz CT molecular complexity index is 1070. The number of nitro benzene ring substituents is 1. The van der Waals surface area contributed by atoms with Crippen LogP contribution in [0.2, 0.25) is 0 Å². The van der Waals surface area contributed by atoms with Crippen LogP contribution < -0.4 is 14.9 Å². The Balaban J connectivity index is 1.71. The highest BCUT2D eigenvalue weighted by Gasteiger charge is 2.12. The molecule has 0 fully saturated rings. The molecule has 0 saturated carbocycles. The molecule has 3 aromatic carbocycles. The molecule has 0 heterocycles. The Hall–Kier alpha value is -3.21. The highest BCUT2D eigenvalue weighted by Crippen LogP contribution is 2.34. The average Bonchev–Trinajstić information content (AvgIpc) is 2.75. The molecular weight excluding hydrogens is 516 g/mol. The first kappa shape index (κ1) is 22.5. The topological polar surface area (TPSA) is 86.0 Å². The van der Waals surface area contributed by atoms with E-state index in [-0.39, 0.29) is 18.1 Å². The monoisotopic (exact) mass is 535 g/mol. The number of hydrazone groups is 1. The van der Waals surface area contributed by atoms with Gasteiger partial charge in [-0.1, -0.05) is 12.1 Å². The molecule has 0 aromatic heterocycles. The Morgan fingerprint density at radius 2 is 1.84 bits per heavy atom. The molecule has 0 atom stereocenters. The number of non-ortho nitro benzene ring substituents is 1. The van der Waals surface area contributed by atoms with Gasteiger partial charge in [0.15, 0.2) is 11.5 Å². The zero-order valence-corrected chi connectivity index (χ0v) is 18.7. The summed E-state index contributed by atoms with van der Waals surface area (Å²) in [6.07, 6.45) is 1.62. The highest BCUT2D eigenvalue weighted by atomic mass is 127. The Morgan fingerprint density at radius 3 is 2.48 bits per heavy atom. The molecule has 0 bridgehead atoms. The molecule has 0 amide bonds. The predicted octanol–water partition coefficient (Wildman–Crippen LogP) is 5.76. The summed E-state index contributed by atoms with van der Waals surface area (Å²) in [6.45, 7) is 2.63. The van der Waals surface area contributed by atoms with E-state index in [2.05, 4.69) is 33.1 Å². The third-order valence-electron chi connectivity index (χ3n) is 4.11. The van der Waals surface area contributed by atoms with E-state index in [1.807, 2.05) is 19.1 Å². The second-order valence-corrected chi connectivity index (χ2v) is 7.51. The van der Waals surface area contributed by atoms with E-state index in [1.165, 1.54) is 24.3 Å². The van der Waals surface area contributed by atoms with Crippen molar-refractivity contribution in [1.82, 2.24) is 0 Å². The average molecular weight is 535 g/mol. The van der Waals surface area contributed by atoms with Crippen LogP contribution in [0.5, 0.6) is 11.5 Å². The maximum Gasteiger partial charge on any atom is 0.269 e. The lowest BCUT2D eigenvalue weighted by atomic mass is 10.2. The minimum absolute atomic E-state index is 0.0154. The maximum absolute atomic E-state index is 13.1. The Kier molecular flexibility index (Phi) is 7.76. The van der Waals surface area contributed by atoms with Crippen molar-refractivity contribution in [2.45, 2.75) is 13.5 Å². The van der Waals surface area contributed by atoms with Gasteiger partial charge < -0.3 is 9.47 Å². The highest BCUT2D eigenvalue weighted by molar-refractivity contribution is 14.1. The van der Waals surface area contributed by atoms with Gasteiger partial charge in [-0.25, -0.2) is 4.39 Å². The summed E-state index contributed by atoms with van der Waals surface area (Å²) in [5.74, 6) is 0.889. The standard InChI is InChI=1S/C22H19FIN3O4/c1-2-30-21-12-16(13-25-26-18-7-9-19(10-8-18)27(28)29)11-20(24)22(21)31-14-15-3-5-17(23)6-4-15/h3-13,26H,2,14H2,1H3/b25-13+. The summed E-state index contributed by atoms with van der Waals surface area (Å²) in [4.78, 5) is 10.3. The second-order valence-electron chi connectivity index (χ2n) is 6.35. The van der Waals surface area contributed by atoms with Gasteiger partial charge >= 0.3 is 0 Å². The van der Waals surface area contributed by atoms with Gasteiger partial charge in [0.1, 0.15) is 12.4 Å². The smallest absolute Gasteiger partial charge is 0.269 e. The van der Waals surface area contributed by atoms with Crippen LogP contribution in [0.3, 0.4) is 0 Å². The maximum atomic E-state index is 13.1. The molecule has 31 heavy (non-hydrogen) atoms. The van der Waals surface area contributed by atoms with Crippen molar-refractivity contribution in [3.05, 3.63) is 91.3 Å². The number of nitrogens with zero attached hydrogens (tertiary/aromatic N) is 2. The Labute approximate surface area is 192 Å². The van der Waals surface area contributed by atoms with E-state index in [4.69, 9.17) is 9.47 Å². The molecular formula is C22H19FIN3O4. The van der Waals surface area contributed by atoms with Gasteiger partial charge in [0.2, 0.25) is 0 Å². The summed E-state index contributed by atoms with van der Waals surface area (Å²) in [7, 11) is 0. The fourth-order valence-corrected chi connectivity index (χ4v) is 3.42. The molecule has 7 nitrogen and oxygen atoms in total. The number of halogens is 2. The van der Waals surface area contributed by atoms with Crippen LogP contribution in [0.1, 0.15) is 18.1 Å². The number of rotatable bonds is 9. The molecule has 3 aromatic rings. The number of ether oxygens (including phenoxy) is 2. The number of hydrogen-bond donors (Lipinski definition) is 1. The molecule has 3 rings (SSSR count). The van der Waals surface area contributed by atoms with Gasteiger partial charge in [-0.3, -0.25) is 15.5 Å². The first-order valence-corrected chi connectivity index (χ1v) is 10.4. The van der Waals surface area contributed by atoms with Crippen molar-refractivity contribution in [3.63, 3.8) is 0 Å². The third kappa shape index (κ3) is 6.38. The number of anilines is 1. The van der Waals surface area contributed by atoms with Crippen LogP contribution in [-0.4, -0.2) is 17.7 Å². The van der Waals surface area contributed by atoms with Crippen LogP contribution in [0.15, 0.2) is 65.8 Å². The van der Waals surface area contributed by atoms with E-state index < -0.39 is 4.92 Å². The lowest BCUT2D eigenvalue weighted by molar-refractivity contribution is -0.384. The summed E-state index contributed by atoms with van der Waals surface area (Å²) in [5.41, 5.74) is 5.11. The minimum atomic E-state index is -0.454. The lowest BCUT2D eigenvalue weighted by Crippen LogP contribution is -2.03. The van der Waals surface area contributed by atoms with Crippen LogP contribution in [-0.2, 0) is 6.61 Å². The lowest BCUT2D eigenvalue weighted by Gasteiger charge is -2.14. The molecule has 0 aliphatic heterocycles. The normalized spacial score (nSPS) is 10.8. The molecule has 0 aliphatic carbocycles. The zero-order valence-electron chi connectivity index (χ0n) is 16.5. The van der Waals surface area contributed by atoms with Gasteiger partial charge in [0.05, 0.1) is 27.0 Å². The van der Waals surface area contributed by atoms with E-state index in [1.54, 1.807) is 30.5 Å². The van der Waals surface area contributed by atoms with Crippen LogP contribution in [0.25, 0.3) is 0 Å². The number of hydrogen-bond acceptors (Lipinski definition) is 6. The van der Waals surface area contributed by atoms with Crippen molar-refractivity contribution < 1.29 is 18.8 Å². The number of nitro groups is 1. The fraction of sp³-hybridized carbons (Fsp3) is 0.136. The fourth-order valence-electron chi connectivity index (χ4n) is 2.64. The summed E-state index contributed by atoms with van der Waals surface area (Å²) in [6, 6.07) is 15.8. The van der Waals surface area contributed by atoms with Crippen molar-refractivity contribution >= 4 is 40.2 Å². The van der Waals surface area contributed by atoms with Gasteiger partial charge in [-0.15, -0.1) is 0 Å². The zero-order chi connectivity index (χ0) is 22.2. The van der Waals surface area contributed by atoms with Crippen molar-refractivity contribution in [1.29, 1.82) is 0 Å². The van der Waals surface area contributed by atoms with E-state index in [0.717, 1.165) is 14.7 Å². The van der Waals surface area contributed by atoms with Gasteiger partial charge in [-0.05, 0) is 77.0 Å². The number of nitrogens with one attached hydrogen (secondary N) is 1. The predicted molar refractivity (Wildman–Crippen MR) is 125 cm³/mol. The van der Waals surface area contributed by atoms with Crippen LogP contribution >= 0.6 is 22.6 Å². The molecule has 0 spiro atoms. The summed E-state index contributed by atoms with van der Waals surface area (Å²) < 4.78 is 25.6. The third-order valence-corrected chi connectivity index (χ3v) is 4.91. The van der Waals surface area contributed by atoms with E-state index >= 15 is 0 Å². The van der Waals surface area contributed by atoms with Crippen LogP contribution in [0, 0.1) is 19.5 Å². The van der Waals surface area contributed by atoms with Crippen molar-refractivity contribution in [2.24, 2.45) is 5.10 Å². The molecule has 0 aliphatic rings. The molecule has 160 valence electrons. The number of benzene rings is 3. The molecule has 0 unspecified atom stereocenters. The summed E-state index contributed by atoms with van der Waals surface area (Å²) >= 11 is 2.16. The first-order valence-electron chi connectivity index (χ1n) is 9.33. The Morgan fingerprint density at radius 1 is 1.13 bits per heavy atom. The second kappa shape index (κ2) is 10.7. The minimum Gasteiger partial charge on any atom is -0.490 e. The quantitative estimate of drug-likeness (QED) is 0.163. The largest absolute Gasteiger partial charge is 0.490 e. The molecule has 0 saturated heterocycles. The molecule has 9 heteroatoms. The van der Waals surface area contributed by atoms with Crippen molar-refractivity contribution in [3.8, 4) is 11.5 Å². The van der Waals surface area contributed by atoms with Gasteiger partial charge in [-0.2, -0.15) is 5.10 Å². The molecule has 1 N–H and O–H groups in total. The van der Waals surface area contributed by atoms with E-state index in [0.29, 0.717) is 23.8 Å². The van der Waals surface area contributed by atoms with Crippen molar-refractivity contribution in [2.75, 3.05) is 12.0 Å². The SMILES string of the molecule is CCOc1cc(/C=N/Nc2ccc([N+](=O)[O-])cc2)cc(I)c1OCc1ccc(F)cc1.